The van der Waals surface area contributed by atoms with Crippen LogP contribution in [0.1, 0.15) is 15.2 Å². The van der Waals surface area contributed by atoms with Crippen LogP contribution in [0.2, 0.25) is 0 Å². The van der Waals surface area contributed by atoms with Crippen LogP contribution in [0.4, 0.5) is 5.69 Å². The third-order valence-corrected chi connectivity index (χ3v) is 7.38. The van der Waals surface area contributed by atoms with E-state index in [9.17, 15) is 13.2 Å². The number of thiophene rings is 1. The van der Waals surface area contributed by atoms with E-state index >= 15 is 0 Å². The molecule has 0 N–H and O–H groups in total. The molecular formula is C23H24N2O4S2. The normalized spacial score (nSPS) is 11.0. The molecule has 0 aliphatic heterocycles. The van der Waals surface area contributed by atoms with E-state index < -0.39 is 10.0 Å². The molecule has 0 aliphatic carbocycles. The largest absolute Gasteiger partial charge is 0.497 e. The third-order valence-electron chi connectivity index (χ3n) is 4.74. The minimum atomic E-state index is -3.85. The topological polar surface area (TPSA) is 66.9 Å². The van der Waals surface area contributed by atoms with Gasteiger partial charge in [0.25, 0.3) is 15.9 Å². The molecule has 2 aromatic carbocycles. The van der Waals surface area contributed by atoms with E-state index in [-0.39, 0.29) is 10.8 Å². The maximum Gasteiger partial charge on any atom is 0.264 e. The fourth-order valence-corrected chi connectivity index (χ4v) is 4.99. The van der Waals surface area contributed by atoms with E-state index in [0.29, 0.717) is 30.1 Å². The zero-order valence-electron chi connectivity index (χ0n) is 17.4. The molecule has 3 rings (SSSR count). The number of sulfonamides is 1. The van der Waals surface area contributed by atoms with Gasteiger partial charge in [-0.25, -0.2) is 8.42 Å². The summed E-state index contributed by atoms with van der Waals surface area (Å²) in [5.41, 5.74) is 0.797. The number of hydrogen-bond acceptors (Lipinski definition) is 5. The molecule has 0 atom stereocenters. The van der Waals surface area contributed by atoms with E-state index in [1.54, 1.807) is 65.8 Å². The monoisotopic (exact) mass is 456 g/mol. The Labute approximate surface area is 187 Å². The second-order valence-corrected chi connectivity index (χ2v) is 9.75. The molecule has 0 saturated heterocycles. The second-order valence-electron chi connectivity index (χ2n) is 6.75. The van der Waals surface area contributed by atoms with Crippen molar-refractivity contribution in [2.75, 3.05) is 25.0 Å². The first-order chi connectivity index (χ1) is 14.9. The molecule has 1 heterocycles. The number of hydrogen-bond donors (Lipinski definition) is 0. The van der Waals surface area contributed by atoms with Crippen LogP contribution in [0.15, 0.2) is 83.6 Å². The van der Waals surface area contributed by atoms with Crippen molar-refractivity contribution in [3.8, 4) is 5.75 Å². The fraction of sp³-hybridized carbons (Fsp3) is 0.174. The molecule has 6 nitrogen and oxygen atoms in total. The lowest BCUT2D eigenvalue weighted by molar-refractivity contribution is 0.0764. The van der Waals surface area contributed by atoms with Crippen molar-refractivity contribution in [2.24, 2.45) is 0 Å². The highest BCUT2D eigenvalue weighted by Gasteiger charge is 2.24. The Kier molecular flexibility index (Phi) is 7.14. The Morgan fingerprint density at radius 1 is 1.13 bits per heavy atom. The van der Waals surface area contributed by atoms with Gasteiger partial charge in [-0.15, -0.1) is 17.9 Å². The predicted octanol–water partition coefficient (Wildman–Crippen LogP) is 4.41. The zero-order chi connectivity index (χ0) is 22.4. The molecule has 0 fully saturated rings. The Bertz CT molecular complexity index is 1140. The average Bonchev–Trinajstić information content (AvgIpc) is 3.31. The highest BCUT2D eigenvalue weighted by atomic mass is 32.2. The van der Waals surface area contributed by atoms with E-state index in [1.807, 2.05) is 17.5 Å². The molecule has 0 spiro atoms. The first-order valence-electron chi connectivity index (χ1n) is 9.52. The number of ether oxygens (including phenoxy) is 1. The molecule has 0 unspecified atom stereocenters. The molecule has 8 heteroatoms. The van der Waals surface area contributed by atoms with Crippen molar-refractivity contribution in [3.05, 3.63) is 89.1 Å². The smallest absolute Gasteiger partial charge is 0.264 e. The molecular weight excluding hydrogens is 432 g/mol. The summed E-state index contributed by atoms with van der Waals surface area (Å²) < 4.78 is 32.6. The molecule has 1 aromatic heterocycles. The maximum absolute atomic E-state index is 13.2. The first kappa shape index (κ1) is 22.6. The quantitative estimate of drug-likeness (QED) is 0.447. The van der Waals surface area contributed by atoms with Crippen LogP contribution >= 0.6 is 11.3 Å². The molecule has 0 bridgehead atoms. The van der Waals surface area contributed by atoms with Gasteiger partial charge in [0, 0.05) is 24.0 Å². The average molecular weight is 457 g/mol. The van der Waals surface area contributed by atoms with Gasteiger partial charge < -0.3 is 9.64 Å². The van der Waals surface area contributed by atoms with Gasteiger partial charge in [-0.2, -0.15) is 0 Å². The van der Waals surface area contributed by atoms with Crippen molar-refractivity contribution < 1.29 is 17.9 Å². The molecule has 31 heavy (non-hydrogen) atoms. The number of carbonyl (C=O) groups excluding carboxylic acids is 1. The molecule has 3 aromatic rings. The number of benzene rings is 2. The number of amides is 1. The second kappa shape index (κ2) is 9.80. The van der Waals surface area contributed by atoms with Gasteiger partial charge in [-0.05, 0) is 53.9 Å². The summed E-state index contributed by atoms with van der Waals surface area (Å²) in [6.45, 7) is 4.53. The van der Waals surface area contributed by atoms with Crippen molar-refractivity contribution in [1.29, 1.82) is 0 Å². The van der Waals surface area contributed by atoms with Gasteiger partial charge in [-0.3, -0.25) is 9.10 Å². The van der Waals surface area contributed by atoms with Gasteiger partial charge in [-0.1, -0.05) is 18.2 Å². The van der Waals surface area contributed by atoms with E-state index in [4.69, 9.17) is 4.74 Å². The summed E-state index contributed by atoms with van der Waals surface area (Å²) in [6, 6.07) is 16.7. The third kappa shape index (κ3) is 5.15. The van der Waals surface area contributed by atoms with Crippen molar-refractivity contribution in [1.82, 2.24) is 4.90 Å². The highest BCUT2D eigenvalue weighted by Crippen LogP contribution is 2.25. The summed E-state index contributed by atoms with van der Waals surface area (Å²) in [5.74, 6) is 0.382. The Hall–Kier alpha value is -3.10. The summed E-state index contributed by atoms with van der Waals surface area (Å²) >= 11 is 1.56. The van der Waals surface area contributed by atoms with Crippen LogP contribution in [-0.2, 0) is 16.6 Å². The van der Waals surface area contributed by atoms with Crippen LogP contribution in [0, 0.1) is 0 Å². The lowest BCUT2D eigenvalue weighted by atomic mass is 10.2. The van der Waals surface area contributed by atoms with Crippen LogP contribution in [0.3, 0.4) is 0 Å². The Balaban J connectivity index is 1.87. The zero-order valence-corrected chi connectivity index (χ0v) is 19.0. The first-order valence-corrected chi connectivity index (χ1v) is 11.8. The summed E-state index contributed by atoms with van der Waals surface area (Å²) in [5, 5.41) is 1.95. The lowest BCUT2D eigenvalue weighted by Crippen LogP contribution is -2.31. The van der Waals surface area contributed by atoms with Gasteiger partial charge in [0.15, 0.2) is 0 Å². The van der Waals surface area contributed by atoms with Crippen molar-refractivity contribution in [3.63, 3.8) is 0 Å². The predicted molar refractivity (Wildman–Crippen MR) is 124 cm³/mol. The number of anilines is 1. The van der Waals surface area contributed by atoms with Gasteiger partial charge in [0.2, 0.25) is 0 Å². The Morgan fingerprint density at radius 3 is 2.48 bits per heavy atom. The van der Waals surface area contributed by atoms with Gasteiger partial charge in [0.1, 0.15) is 5.75 Å². The minimum absolute atomic E-state index is 0.0475. The van der Waals surface area contributed by atoms with Crippen LogP contribution in [0.25, 0.3) is 0 Å². The summed E-state index contributed by atoms with van der Waals surface area (Å²) in [4.78, 5) is 15.8. The molecule has 162 valence electrons. The van der Waals surface area contributed by atoms with Crippen LogP contribution in [0.5, 0.6) is 5.75 Å². The van der Waals surface area contributed by atoms with Gasteiger partial charge >= 0.3 is 0 Å². The van der Waals surface area contributed by atoms with Gasteiger partial charge in [0.05, 0.1) is 24.2 Å². The molecule has 0 saturated carbocycles. The van der Waals surface area contributed by atoms with E-state index in [1.165, 1.54) is 23.5 Å². The molecule has 0 radical (unpaired) electrons. The standard InChI is InChI=1S/C23H24N2O4S2/c1-4-14-25(17-21-8-6-15-30-21)23(26)18-7-5-9-22(16-18)31(27,28)24(2)19-10-12-20(29-3)13-11-19/h4-13,15-16H,1,14,17H2,2-3H3. The summed E-state index contributed by atoms with van der Waals surface area (Å²) in [7, 11) is -0.826. The van der Waals surface area contributed by atoms with Crippen LogP contribution < -0.4 is 9.04 Å². The molecule has 0 aliphatic rings. The summed E-state index contributed by atoms with van der Waals surface area (Å²) in [6.07, 6.45) is 1.66. The van der Waals surface area contributed by atoms with Crippen molar-refractivity contribution >= 4 is 33.0 Å². The number of carbonyl (C=O) groups is 1. The Morgan fingerprint density at radius 2 is 1.87 bits per heavy atom. The SMILES string of the molecule is C=CCN(Cc1cccs1)C(=O)c1cccc(S(=O)(=O)N(C)c2ccc(OC)cc2)c1. The van der Waals surface area contributed by atoms with Crippen LogP contribution in [-0.4, -0.2) is 39.9 Å². The number of nitrogens with zero attached hydrogens (tertiary/aromatic N) is 2. The fourth-order valence-electron chi connectivity index (χ4n) is 3.03. The highest BCUT2D eigenvalue weighted by molar-refractivity contribution is 7.92. The number of rotatable bonds is 9. The number of methoxy groups -OCH3 is 1. The van der Waals surface area contributed by atoms with E-state index in [0.717, 1.165) is 4.88 Å². The van der Waals surface area contributed by atoms with E-state index in [2.05, 4.69) is 6.58 Å². The minimum Gasteiger partial charge on any atom is -0.497 e. The lowest BCUT2D eigenvalue weighted by Gasteiger charge is -2.22. The molecule has 1 amide bonds. The van der Waals surface area contributed by atoms with Crippen molar-refractivity contribution in [2.45, 2.75) is 11.4 Å². The maximum atomic E-state index is 13.2.